The highest BCUT2D eigenvalue weighted by Crippen LogP contribution is 2.55. The fourth-order valence-electron chi connectivity index (χ4n) is 10.6. The molecule has 13 rings (SSSR count). The van der Waals surface area contributed by atoms with Crippen LogP contribution in [0.1, 0.15) is 11.1 Å². The molecule has 0 aliphatic carbocycles. The van der Waals surface area contributed by atoms with Crippen LogP contribution in [-0.2, 0) is 0 Å². The zero-order valence-electron chi connectivity index (χ0n) is 36.3. The van der Waals surface area contributed by atoms with Gasteiger partial charge in [-0.05, 0) is 147 Å². The molecule has 1 aliphatic heterocycles. The van der Waals surface area contributed by atoms with E-state index in [1.165, 1.54) is 27.8 Å². The number of hydrogen-bond acceptors (Lipinski definition) is 3. The van der Waals surface area contributed by atoms with E-state index in [1.54, 1.807) is 0 Å². The van der Waals surface area contributed by atoms with Crippen molar-refractivity contribution in [3.63, 3.8) is 0 Å². The molecule has 3 heterocycles. The van der Waals surface area contributed by atoms with Crippen LogP contribution in [0.5, 0.6) is 0 Å². The Morgan fingerprint density at radius 3 is 1.45 bits per heavy atom. The highest BCUT2D eigenvalue weighted by atomic mass is 35.5. The lowest BCUT2D eigenvalue weighted by molar-refractivity contribution is 0.668. The third-order valence-corrected chi connectivity index (χ3v) is 13.9. The van der Waals surface area contributed by atoms with Gasteiger partial charge in [0.1, 0.15) is 22.3 Å². The molecular weight excluding hydrogens is 826 g/mol. The van der Waals surface area contributed by atoms with E-state index in [2.05, 4.69) is 189 Å². The smallest absolute Gasteiger partial charge is 0.136 e. The molecule has 0 bridgehead atoms. The van der Waals surface area contributed by atoms with Crippen molar-refractivity contribution in [2.24, 2.45) is 0 Å². The molecule has 12 aromatic rings. The van der Waals surface area contributed by atoms with E-state index in [0.29, 0.717) is 5.02 Å². The van der Waals surface area contributed by atoms with Crippen molar-refractivity contribution in [3.05, 3.63) is 222 Å². The molecule has 312 valence electrons. The number of nitrogens with zero attached hydrogens (tertiary/aromatic N) is 1. The fraction of sp³-hybridized carbons (Fsp3) is 0.0323. The molecule has 0 saturated heterocycles. The van der Waals surface area contributed by atoms with Crippen molar-refractivity contribution >= 4 is 72.5 Å². The largest absolute Gasteiger partial charge is 0.456 e. The van der Waals surface area contributed by atoms with Crippen LogP contribution in [-0.4, -0.2) is 0 Å². The highest BCUT2D eigenvalue weighted by molar-refractivity contribution is 6.34. The predicted octanol–water partition coefficient (Wildman–Crippen LogP) is 18.5. The van der Waals surface area contributed by atoms with Gasteiger partial charge in [0.05, 0.1) is 22.1 Å². The van der Waals surface area contributed by atoms with Gasteiger partial charge in [0.15, 0.2) is 0 Å². The Morgan fingerprint density at radius 2 is 0.803 bits per heavy atom. The van der Waals surface area contributed by atoms with Crippen LogP contribution >= 0.6 is 11.6 Å². The summed E-state index contributed by atoms with van der Waals surface area (Å²) in [5.41, 5.74) is 22.7. The van der Waals surface area contributed by atoms with E-state index >= 15 is 0 Å². The summed E-state index contributed by atoms with van der Waals surface area (Å²) in [7, 11) is 0. The maximum atomic E-state index is 7.28. The van der Waals surface area contributed by atoms with E-state index in [1.807, 2.05) is 36.4 Å². The maximum absolute atomic E-state index is 7.28. The van der Waals surface area contributed by atoms with Crippen molar-refractivity contribution in [1.82, 2.24) is 0 Å². The van der Waals surface area contributed by atoms with Gasteiger partial charge in [0.2, 0.25) is 0 Å². The number of aryl methyl sites for hydroxylation is 2. The van der Waals surface area contributed by atoms with Crippen LogP contribution in [0.25, 0.3) is 111 Å². The number of hydrogen-bond donors (Lipinski definition) is 0. The number of furan rings is 2. The first-order valence-corrected chi connectivity index (χ1v) is 22.8. The second-order valence-electron chi connectivity index (χ2n) is 17.4. The zero-order chi connectivity index (χ0) is 44.0. The minimum atomic E-state index is 0.669. The normalized spacial score (nSPS) is 12.1. The molecule has 0 atom stereocenters. The quantitative estimate of drug-likeness (QED) is 0.173. The highest BCUT2D eigenvalue weighted by Gasteiger charge is 2.30. The minimum Gasteiger partial charge on any atom is -0.456 e. The molecule has 0 saturated carbocycles. The summed E-state index contributed by atoms with van der Waals surface area (Å²) in [5.74, 6) is 0. The zero-order valence-corrected chi connectivity index (χ0v) is 37.0. The number of anilines is 3. The van der Waals surface area contributed by atoms with Gasteiger partial charge < -0.3 is 13.7 Å². The molecule has 0 radical (unpaired) electrons. The number of para-hydroxylation sites is 3. The van der Waals surface area contributed by atoms with Crippen LogP contribution in [0.3, 0.4) is 0 Å². The Labute approximate surface area is 387 Å². The number of rotatable bonds is 5. The monoisotopic (exact) mass is 865 g/mol. The molecule has 3 nitrogen and oxygen atoms in total. The third kappa shape index (κ3) is 5.90. The van der Waals surface area contributed by atoms with Gasteiger partial charge in [-0.15, -0.1) is 0 Å². The summed E-state index contributed by atoms with van der Waals surface area (Å²) in [5, 5.41) is 5.08. The van der Waals surface area contributed by atoms with Gasteiger partial charge in [-0.25, -0.2) is 0 Å². The Kier molecular flexibility index (Phi) is 8.71. The van der Waals surface area contributed by atoms with Crippen molar-refractivity contribution in [2.45, 2.75) is 13.8 Å². The summed E-state index contributed by atoms with van der Waals surface area (Å²) in [6.07, 6.45) is 0. The second kappa shape index (κ2) is 15.0. The van der Waals surface area contributed by atoms with Gasteiger partial charge >= 0.3 is 0 Å². The van der Waals surface area contributed by atoms with Crippen molar-refractivity contribution in [3.8, 4) is 66.8 Å². The molecule has 4 heteroatoms. The molecule has 2 aromatic heterocycles. The maximum Gasteiger partial charge on any atom is 0.136 e. The molecule has 10 aromatic carbocycles. The summed E-state index contributed by atoms with van der Waals surface area (Å²) in [6.45, 7) is 4.42. The summed E-state index contributed by atoms with van der Waals surface area (Å²) >= 11 is 7.28. The summed E-state index contributed by atoms with van der Waals surface area (Å²) in [4.78, 5) is 2.36. The Bertz CT molecular complexity index is 3950. The predicted molar refractivity (Wildman–Crippen MR) is 276 cm³/mol. The third-order valence-electron chi connectivity index (χ3n) is 13.6. The SMILES string of the molecule is Cc1ccccc1-c1c(C)cccc1-c1ccc2c(c1)-c1ccc(-c3cccc4oc5ccccc5c34)cc1-c1cc(-c3cccc4oc5ccccc5c34)ccc1N2c1ccccc1Cl. The second-order valence-corrected chi connectivity index (χ2v) is 17.8. The van der Waals surface area contributed by atoms with Crippen LogP contribution in [0.15, 0.2) is 215 Å². The average molecular weight is 866 g/mol. The van der Waals surface area contributed by atoms with Crippen LogP contribution in [0, 0.1) is 13.8 Å². The van der Waals surface area contributed by atoms with Crippen LogP contribution in [0.2, 0.25) is 5.02 Å². The van der Waals surface area contributed by atoms with Crippen LogP contribution < -0.4 is 4.90 Å². The molecule has 0 N–H and O–H groups in total. The van der Waals surface area contributed by atoms with Crippen molar-refractivity contribution in [1.29, 1.82) is 0 Å². The van der Waals surface area contributed by atoms with Gasteiger partial charge in [-0.1, -0.05) is 151 Å². The van der Waals surface area contributed by atoms with E-state index in [9.17, 15) is 0 Å². The number of benzene rings is 10. The fourth-order valence-corrected chi connectivity index (χ4v) is 10.8. The summed E-state index contributed by atoms with van der Waals surface area (Å²) in [6, 6.07) is 73.8. The lowest BCUT2D eigenvalue weighted by Gasteiger charge is -2.29. The molecular formula is C62H40ClNO2. The van der Waals surface area contributed by atoms with Gasteiger partial charge in [-0.2, -0.15) is 0 Å². The topological polar surface area (TPSA) is 29.5 Å². The molecule has 0 unspecified atom stereocenters. The first kappa shape index (κ1) is 38.4. The van der Waals surface area contributed by atoms with Gasteiger partial charge in [0.25, 0.3) is 0 Å². The first-order chi connectivity index (χ1) is 32.5. The Morgan fingerprint density at radius 1 is 0.333 bits per heavy atom. The van der Waals surface area contributed by atoms with Crippen LogP contribution in [0.4, 0.5) is 17.1 Å². The molecule has 0 amide bonds. The standard InChI is InChI=1S/C62H40ClNO2/c1-37-14-3-4-16-42(37)60-38(2)15-11-19-43(60)40-29-32-53-50(35-40)46-31-28-39(44-20-12-26-58-61(44)47-17-5-9-24-56(47)65-58)34-49(46)51-36-41(30-33-54(51)64(53)55-23-8-7-22-52(55)63)45-21-13-27-59-62(45)48-18-6-10-25-57(48)66-59/h3-36H,1-2H3. The molecule has 66 heavy (non-hydrogen) atoms. The van der Waals surface area contributed by atoms with E-state index in [-0.39, 0.29) is 0 Å². The molecule has 0 fully saturated rings. The van der Waals surface area contributed by atoms with Gasteiger partial charge in [-0.3, -0.25) is 0 Å². The first-order valence-electron chi connectivity index (χ1n) is 22.4. The summed E-state index contributed by atoms with van der Waals surface area (Å²) < 4.78 is 12.9. The van der Waals surface area contributed by atoms with Crippen molar-refractivity contribution in [2.75, 3.05) is 4.90 Å². The average Bonchev–Trinajstić information content (AvgIpc) is 3.91. The minimum absolute atomic E-state index is 0.669. The Hall–Kier alpha value is -8.11. The van der Waals surface area contributed by atoms with E-state index in [0.717, 1.165) is 111 Å². The van der Waals surface area contributed by atoms with E-state index < -0.39 is 0 Å². The molecule has 0 spiro atoms. The number of halogens is 1. The van der Waals surface area contributed by atoms with Gasteiger partial charge in [0, 0.05) is 32.7 Å². The lowest BCUT2D eigenvalue weighted by Crippen LogP contribution is -2.11. The van der Waals surface area contributed by atoms with Crippen molar-refractivity contribution < 1.29 is 8.83 Å². The Balaban J connectivity index is 1.12. The van der Waals surface area contributed by atoms with E-state index in [4.69, 9.17) is 20.4 Å². The molecule has 1 aliphatic rings. The number of fused-ring (bicyclic) bond motifs is 11. The lowest BCUT2D eigenvalue weighted by atomic mass is 9.86.